The molecule has 8 heteroatoms. The van der Waals surface area contributed by atoms with Gasteiger partial charge < -0.3 is 15.8 Å². The van der Waals surface area contributed by atoms with Crippen LogP contribution >= 0.6 is 35.3 Å². The van der Waals surface area contributed by atoms with Crippen molar-refractivity contribution in [3.63, 3.8) is 0 Å². The third-order valence-electron chi connectivity index (χ3n) is 2.87. The first-order valence-electron chi connectivity index (χ1n) is 6.35. The molecule has 5 nitrogen and oxygen atoms in total. The second kappa shape index (κ2) is 8.33. The average Bonchev–Trinajstić information content (AvgIpc) is 2.91. The van der Waals surface area contributed by atoms with E-state index in [1.165, 1.54) is 18.4 Å². The maximum Gasteiger partial charge on any atom is 0.275 e. The molecule has 1 aromatic carbocycles. The molecule has 2 aromatic rings. The summed E-state index contributed by atoms with van der Waals surface area (Å²) in [5, 5.41) is 5.95. The molecule has 0 aliphatic heterocycles. The number of benzene rings is 1. The minimum Gasteiger partial charge on any atom is -0.495 e. The van der Waals surface area contributed by atoms with Gasteiger partial charge in [0, 0.05) is 22.9 Å². The van der Waals surface area contributed by atoms with E-state index in [1.807, 2.05) is 6.92 Å². The third-order valence-corrected chi connectivity index (χ3v) is 4.19. The number of rotatable bonds is 5. The Bertz CT molecular complexity index is 662. The quantitative estimate of drug-likeness (QED) is 0.856. The van der Waals surface area contributed by atoms with Crippen molar-refractivity contribution in [2.75, 3.05) is 19.0 Å². The molecule has 2 rings (SSSR count). The van der Waals surface area contributed by atoms with Crippen LogP contribution in [0.25, 0.3) is 0 Å². The van der Waals surface area contributed by atoms with Crippen LogP contribution in [0.2, 0.25) is 5.02 Å². The minimum atomic E-state index is -0.283. The zero-order chi connectivity index (χ0) is 15.4. The van der Waals surface area contributed by atoms with Crippen LogP contribution in [0.4, 0.5) is 5.69 Å². The van der Waals surface area contributed by atoms with Crippen molar-refractivity contribution >= 4 is 46.9 Å². The Kier molecular flexibility index (Phi) is 7.09. The minimum absolute atomic E-state index is 0. The molecule has 1 aromatic heterocycles. The molecule has 0 bridgehead atoms. The Labute approximate surface area is 144 Å². The largest absolute Gasteiger partial charge is 0.495 e. The van der Waals surface area contributed by atoms with Crippen molar-refractivity contribution in [2.45, 2.75) is 13.3 Å². The molecule has 22 heavy (non-hydrogen) atoms. The van der Waals surface area contributed by atoms with Crippen molar-refractivity contribution in [3.05, 3.63) is 38.8 Å². The summed E-state index contributed by atoms with van der Waals surface area (Å²) >= 11 is 7.47. The molecule has 120 valence electrons. The van der Waals surface area contributed by atoms with Gasteiger partial charge in [-0.15, -0.1) is 23.7 Å². The Hall–Kier alpha value is -1.34. The molecule has 0 aliphatic carbocycles. The number of methoxy groups -OCH3 is 1. The number of ether oxygens (including phenoxy) is 1. The maximum atomic E-state index is 12.2. The summed E-state index contributed by atoms with van der Waals surface area (Å²) < 4.78 is 5.23. The van der Waals surface area contributed by atoms with Crippen LogP contribution in [0, 0.1) is 6.92 Å². The van der Waals surface area contributed by atoms with E-state index in [1.54, 1.807) is 17.5 Å². The molecule has 1 amide bonds. The van der Waals surface area contributed by atoms with Crippen LogP contribution < -0.4 is 15.8 Å². The van der Waals surface area contributed by atoms with Crippen molar-refractivity contribution in [1.82, 2.24) is 4.98 Å². The highest BCUT2D eigenvalue weighted by molar-refractivity contribution is 7.09. The van der Waals surface area contributed by atoms with Gasteiger partial charge in [0.1, 0.15) is 11.4 Å². The number of thiazole rings is 1. The Morgan fingerprint density at radius 3 is 2.86 bits per heavy atom. The standard InChI is InChI=1S/C14H16ClN3O2S.ClH/c1-8-5-10(12(20-2)6-9(8)15)18-14(19)11-7-21-13(17-11)3-4-16;/h5-7H,3-4,16H2,1-2H3,(H,18,19);1H. The lowest BCUT2D eigenvalue weighted by Gasteiger charge is -2.11. The first-order valence-corrected chi connectivity index (χ1v) is 7.61. The molecular formula is C14H17Cl2N3O2S. The van der Waals surface area contributed by atoms with Gasteiger partial charge in [-0.05, 0) is 25.1 Å². The first kappa shape index (κ1) is 18.7. The zero-order valence-corrected chi connectivity index (χ0v) is 14.6. The zero-order valence-electron chi connectivity index (χ0n) is 12.2. The summed E-state index contributed by atoms with van der Waals surface area (Å²) in [6, 6.07) is 3.44. The number of anilines is 1. The predicted octanol–water partition coefficient (Wildman–Crippen LogP) is 3.29. The molecule has 0 atom stereocenters. The molecule has 0 saturated heterocycles. The first-order chi connectivity index (χ1) is 10.0. The highest BCUT2D eigenvalue weighted by Crippen LogP contribution is 2.31. The number of aromatic nitrogens is 1. The van der Waals surface area contributed by atoms with Crippen LogP contribution in [-0.2, 0) is 6.42 Å². The fourth-order valence-corrected chi connectivity index (χ4v) is 2.72. The maximum absolute atomic E-state index is 12.2. The van der Waals surface area contributed by atoms with Crippen LogP contribution in [0.5, 0.6) is 5.75 Å². The van der Waals surface area contributed by atoms with Gasteiger partial charge in [-0.25, -0.2) is 4.98 Å². The predicted molar refractivity (Wildman–Crippen MR) is 92.8 cm³/mol. The molecule has 1 heterocycles. The van der Waals surface area contributed by atoms with E-state index < -0.39 is 0 Å². The van der Waals surface area contributed by atoms with Gasteiger partial charge in [-0.2, -0.15) is 0 Å². The van der Waals surface area contributed by atoms with Crippen LogP contribution in [0.1, 0.15) is 21.1 Å². The molecule has 0 aliphatic rings. The van der Waals surface area contributed by atoms with Gasteiger partial charge in [-0.1, -0.05) is 11.6 Å². The number of amides is 1. The van der Waals surface area contributed by atoms with Gasteiger partial charge in [0.15, 0.2) is 0 Å². The van der Waals surface area contributed by atoms with Crippen LogP contribution in [0.3, 0.4) is 0 Å². The van der Waals surface area contributed by atoms with E-state index in [9.17, 15) is 4.79 Å². The Morgan fingerprint density at radius 2 is 2.23 bits per heavy atom. The normalized spacial score (nSPS) is 10.0. The topological polar surface area (TPSA) is 77.2 Å². The molecule has 0 radical (unpaired) electrons. The number of hydrogen-bond acceptors (Lipinski definition) is 5. The van der Waals surface area contributed by atoms with Crippen molar-refractivity contribution < 1.29 is 9.53 Å². The summed E-state index contributed by atoms with van der Waals surface area (Å²) in [7, 11) is 1.53. The summed E-state index contributed by atoms with van der Waals surface area (Å²) in [5.74, 6) is 0.228. The second-order valence-electron chi connectivity index (χ2n) is 4.42. The van der Waals surface area contributed by atoms with Crippen LogP contribution in [-0.4, -0.2) is 24.5 Å². The monoisotopic (exact) mass is 361 g/mol. The van der Waals surface area contributed by atoms with Crippen molar-refractivity contribution in [3.8, 4) is 5.75 Å². The van der Waals surface area contributed by atoms with Crippen LogP contribution in [0.15, 0.2) is 17.5 Å². The lowest BCUT2D eigenvalue weighted by atomic mass is 10.2. The van der Waals surface area contributed by atoms with E-state index in [0.717, 1.165) is 10.6 Å². The van der Waals surface area contributed by atoms with Gasteiger partial charge >= 0.3 is 0 Å². The molecule has 0 spiro atoms. The molecule has 0 fully saturated rings. The summed E-state index contributed by atoms with van der Waals surface area (Å²) in [6.07, 6.45) is 0.668. The van der Waals surface area contributed by atoms with Crippen molar-refractivity contribution in [2.24, 2.45) is 5.73 Å². The summed E-state index contributed by atoms with van der Waals surface area (Å²) in [4.78, 5) is 16.5. The van der Waals surface area contributed by atoms with E-state index in [2.05, 4.69) is 10.3 Å². The number of nitrogens with one attached hydrogen (secondary N) is 1. The van der Waals surface area contributed by atoms with E-state index >= 15 is 0 Å². The number of aryl methyl sites for hydroxylation is 1. The lowest BCUT2D eigenvalue weighted by Crippen LogP contribution is -2.13. The summed E-state index contributed by atoms with van der Waals surface area (Å²) in [6.45, 7) is 2.37. The Balaban J connectivity index is 0.00000242. The number of carbonyl (C=O) groups excluding carboxylic acids is 1. The number of carbonyl (C=O) groups is 1. The van der Waals surface area contributed by atoms with E-state index in [0.29, 0.717) is 35.1 Å². The number of halogens is 2. The van der Waals surface area contributed by atoms with Gasteiger partial charge in [0.2, 0.25) is 0 Å². The van der Waals surface area contributed by atoms with Crippen molar-refractivity contribution in [1.29, 1.82) is 0 Å². The Morgan fingerprint density at radius 1 is 1.50 bits per heavy atom. The molecular weight excluding hydrogens is 345 g/mol. The number of hydrogen-bond donors (Lipinski definition) is 2. The smallest absolute Gasteiger partial charge is 0.275 e. The lowest BCUT2D eigenvalue weighted by molar-refractivity contribution is 0.102. The second-order valence-corrected chi connectivity index (χ2v) is 5.77. The third kappa shape index (κ3) is 4.33. The fraction of sp³-hybridized carbons (Fsp3) is 0.286. The van der Waals surface area contributed by atoms with E-state index in [-0.39, 0.29) is 18.3 Å². The SMILES string of the molecule is COc1cc(Cl)c(C)cc1NC(=O)c1csc(CCN)n1.Cl. The average molecular weight is 362 g/mol. The van der Waals surface area contributed by atoms with Gasteiger partial charge in [0.25, 0.3) is 5.91 Å². The summed E-state index contributed by atoms with van der Waals surface area (Å²) in [5.41, 5.74) is 7.27. The highest BCUT2D eigenvalue weighted by Gasteiger charge is 2.14. The fourth-order valence-electron chi connectivity index (χ4n) is 1.77. The molecule has 0 saturated carbocycles. The van der Waals surface area contributed by atoms with E-state index in [4.69, 9.17) is 22.1 Å². The highest BCUT2D eigenvalue weighted by atomic mass is 35.5. The molecule has 0 unspecified atom stereocenters. The van der Waals surface area contributed by atoms with Gasteiger partial charge in [0.05, 0.1) is 17.8 Å². The number of nitrogens with zero attached hydrogens (tertiary/aromatic N) is 1. The molecule has 3 N–H and O–H groups in total. The van der Waals surface area contributed by atoms with Gasteiger partial charge in [-0.3, -0.25) is 4.79 Å². The number of nitrogens with two attached hydrogens (primary N) is 1.